The van der Waals surface area contributed by atoms with Crippen molar-refractivity contribution in [3.63, 3.8) is 0 Å². The second kappa shape index (κ2) is 9.24. The Morgan fingerprint density at radius 3 is 2.66 bits per heavy atom. The van der Waals surface area contributed by atoms with Gasteiger partial charge in [-0.2, -0.15) is 31.9 Å². The Hall–Kier alpha value is -3.17. The third-order valence-electron chi connectivity index (χ3n) is 7.30. The topological polar surface area (TPSA) is 107 Å². The van der Waals surface area contributed by atoms with Crippen LogP contribution in [0.25, 0.3) is 22.0 Å². The molecule has 0 radical (unpaired) electrons. The van der Waals surface area contributed by atoms with Crippen LogP contribution in [0.5, 0.6) is 5.88 Å². The fourth-order valence-electron chi connectivity index (χ4n) is 5.37. The number of aromatic nitrogens is 3. The maximum absolute atomic E-state index is 13.2. The Morgan fingerprint density at radius 2 is 2.00 bits per heavy atom. The van der Waals surface area contributed by atoms with E-state index < -0.39 is 21.5 Å². The molecule has 1 aliphatic carbocycles. The van der Waals surface area contributed by atoms with Gasteiger partial charge in [-0.15, -0.1) is 0 Å². The molecule has 3 heterocycles. The number of ether oxygens (including phenoxy) is 1. The van der Waals surface area contributed by atoms with Crippen molar-refractivity contribution in [2.45, 2.75) is 71.0 Å². The van der Waals surface area contributed by atoms with Gasteiger partial charge in [-0.05, 0) is 73.6 Å². The summed E-state index contributed by atoms with van der Waals surface area (Å²) in [4.78, 5) is 4.19. The molecule has 2 aromatic heterocycles. The minimum atomic E-state index is -6.05. The Balaban J connectivity index is 1.79. The van der Waals surface area contributed by atoms with Crippen molar-refractivity contribution in [2.75, 3.05) is 6.61 Å². The van der Waals surface area contributed by atoms with Crippen LogP contribution in [0.4, 0.5) is 13.2 Å². The third kappa shape index (κ3) is 4.52. The van der Waals surface area contributed by atoms with Gasteiger partial charge < -0.3 is 8.92 Å². The predicted octanol–water partition coefficient (Wildman–Crippen LogP) is 5.72. The maximum Gasteiger partial charge on any atom is 0.534 e. The number of fused-ring (bicyclic) bond motifs is 2. The van der Waals surface area contributed by atoms with Gasteiger partial charge in [0.1, 0.15) is 11.6 Å². The van der Waals surface area contributed by atoms with E-state index in [0.717, 1.165) is 36.8 Å². The summed E-state index contributed by atoms with van der Waals surface area (Å²) in [6.45, 7) is 6.45. The lowest BCUT2D eigenvalue weighted by Gasteiger charge is -2.32. The lowest BCUT2D eigenvalue weighted by atomic mass is 9.73. The quantitative estimate of drug-likeness (QED) is 0.303. The predicted molar refractivity (Wildman–Crippen MR) is 133 cm³/mol. The van der Waals surface area contributed by atoms with Gasteiger partial charge in [-0.3, -0.25) is 0 Å². The Labute approximate surface area is 218 Å². The zero-order valence-electron chi connectivity index (χ0n) is 21.2. The van der Waals surface area contributed by atoms with Gasteiger partial charge in [0.2, 0.25) is 0 Å². The summed E-state index contributed by atoms with van der Waals surface area (Å²) < 4.78 is 75.9. The average Bonchev–Trinajstić information content (AvgIpc) is 3.26. The Bertz CT molecular complexity index is 1570. The summed E-state index contributed by atoms with van der Waals surface area (Å²) in [5.74, 6) is -0.865. The minimum Gasteiger partial charge on any atom is -0.356 e. The highest BCUT2D eigenvalue weighted by atomic mass is 32.2. The van der Waals surface area contributed by atoms with E-state index >= 15 is 0 Å². The highest BCUT2D eigenvalue weighted by Crippen LogP contribution is 2.46. The monoisotopic (exact) mass is 548 g/mol. The van der Waals surface area contributed by atoms with Crippen molar-refractivity contribution in [1.29, 1.82) is 5.26 Å². The molecule has 0 bridgehead atoms. The Morgan fingerprint density at radius 1 is 1.24 bits per heavy atom. The molecule has 1 aromatic carbocycles. The van der Waals surface area contributed by atoms with E-state index in [1.165, 1.54) is 0 Å². The summed E-state index contributed by atoms with van der Waals surface area (Å²) >= 11 is 0. The highest BCUT2D eigenvalue weighted by molar-refractivity contribution is 7.88. The summed E-state index contributed by atoms with van der Waals surface area (Å²) in [6.07, 6.45) is 5.80. The van der Waals surface area contributed by atoms with E-state index in [-0.39, 0.29) is 17.2 Å². The average molecular weight is 549 g/mol. The van der Waals surface area contributed by atoms with Crippen LogP contribution in [-0.2, 0) is 27.7 Å². The normalized spacial score (nSPS) is 19.7. The highest BCUT2D eigenvalue weighted by Gasteiger charge is 2.49. The number of rotatable bonds is 4. The van der Waals surface area contributed by atoms with Crippen molar-refractivity contribution < 1.29 is 30.5 Å². The van der Waals surface area contributed by atoms with Gasteiger partial charge in [0, 0.05) is 23.3 Å². The molecule has 1 saturated heterocycles. The molecule has 1 unspecified atom stereocenters. The van der Waals surface area contributed by atoms with Gasteiger partial charge >= 0.3 is 15.6 Å². The second-order valence-electron chi connectivity index (χ2n) is 10.6. The van der Waals surface area contributed by atoms with Crippen LogP contribution in [0.2, 0.25) is 0 Å². The molecule has 2 aliphatic rings. The standard InChI is InChI=1S/C26H27F3N4O4S/c1-15-7-8-20-18(14-31-33(20)21-6-4-5-11-36-21)22(15)23-16-9-10-25(2,3)12-19(16)32-24(17(23)13-30)37-38(34,35)26(27,28)29/h7-8,14,21H,4-6,9-12H2,1-3H3. The van der Waals surface area contributed by atoms with Crippen LogP contribution < -0.4 is 4.18 Å². The van der Waals surface area contributed by atoms with E-state index in [2.05, 4.69) is 14.3 Å². The smallest absolute Gasteiger partial charge is 0.356 e. The van der Waals surface area contributed by atoms with Crippen LogP contribution in [0, 0.1) is 23.7 Å². The zero-order chi connectivity index (χ0) is 27.5. The van der Waals surface area contributed by atoms with Crippen LogP contribution in [0.15, 0.2) is 18.3 Å². The summed E-state index contributed by atoms with van der Waals surface area (Å²) in [6, 6.07) is 5.65. The van der Waals surface area contributed by atoms with Gasteiger partial charge in [-0.1, -0.05) is 19.9 Å². The lowest BCUT2D eigenvalue weighted by Crippen LogP contribution is -2.30. The molecule has 1 fully saturated rings. The number of benzene rings is 1. The van der Waals surface area contributed by atoms with Crippen LogP contribution in [-0.4, -0.2) is 35.3 Å². The van der Waals surface area contributed by atoms with E-state index in [1.54, 1.807) is 10.9 Å². The SMILES string of the molecule is Cc1ccc2c(cnn2C2CCCCO2)c1-c1c(C#N)c(OS(=O)(=O)C(F)(F)F)nc2c1CCC(C)(C)C2. The number of nitrogens with zero attached hydrogens (tertiary/aromatic N) is 4. The molecule has 202 valence electrons. The largest absolute Gasteiger partial charge is 0.534 e. The molecule has 0 spiro atoms. The summed E-state index contributed by atoms with van der Waals surface area (Å²) in [7, 11) is -6.05. The molecule has 5 rings (SSSR count). The van der Waals surface area contributed by atoms with E-state index in [1.807, 2.05) is 39.0 Å². The molecule has 8 nitrogen and oxygen atoms in total. The molecule has 3 aromatic rings. The van der Waals surface area contributed by atoms with E-state index in [9.17, 15) is 26.9 Å². The number of hydrogen-bond acceptors (Lipinski definition) is 7. The lowest BCUT2D eigenvalue weighted by molar-refractivity contribution is -0.0501. The van der Waals surface area contributed by atoms with Gasteiger partial charge in [0.15, 0.2) is 6.23 Å². The summed E-state index contributed by atoms with van der Waals surface area (Å²) in [5.41, 5.74) is -2.70. The minimum absolute atomic E-state index is 0.226. The molecule has 38 heavy (non-hydrogen) atoms. The second-order valence-corrected chi connectivity index (χ2v) is 12.2. The molecule has 1 aliphatic heterocycles. The fraction of sp³-hybridized carbons (Fsp3) is 0.500. The van der Waals surface area contributed by atoms with E-state index in [4.69, 9.17) is 4.74 Å². The molecular formula is C26H27F3N4O4S. The summed E-state index contributed by atoms with van der Waals surface area (Å²) in [5, 5.41) is 15.4. The first kappa shape index (κ1) is 26.4. The third-order valence-corrected chi connectivity index (χ3v) is 8.24. The number of alkyl halides is 3. The fourth-order valence-corrected chi connectivity index (χ4v) is 5.79. The van der Waals surface area contributed by atoms with E-state index in [0.29, 0.717) is 47.2 Å². The number of nitriles is 1. The molecule has 0 saturated carbocycles. The molecule has 0 amide bonds. The van der Waals surface area contributed by atoms with Crippen molar-refractivity contribution >= 4 is 21.0 Å². The Kier molecular flexibility index (Phi) is 6.43. The van der Waals surface area contributed by atoms with Crippen molar-refractivity contribution in [1.82, 2.24) is 14.8 Å². The first-order valence-electron chi connectivity index (χ1n) is 12.4. The van der Waals surface area contributed by atoms with Crippen molar-refractivity contribution in [3.8, 4) is 23.1 Å². The number of halogens is 3. The van der Waals surface area contributed by atoms with Gasteiger partial charge in [0.25, 0.3) is 5.88 Å². The molecular weight excluding hydrogens is 521 g/mol. The number of pyridine rings is 1. The number of hydrogen-bond donors (Lipinski definition) is 0. The van der Waals surface area contributed by atoms with Crippen LogP contribution in [0.1, 0.15) is 68.1 Å². The van der Waals surface area contributed by atoms with Crippen molar-refractivity contribution in [2.24, 2.45) is 5.41 Å². The van der Waals surface area contributed by atoms with Crippen LogP contribution in [0.3, 0.4) is 0 Å². The first-order chi connectivity index (χ1) is 17.8. The van der Waals surface area contributed by atoms with Crippen molar-refractivity contribution in [3.05, 3.63) is 40.7 Å². The molecule has 0 N–H and O–H groups in total. The van der Waals surface area contributed by atoms with Gasteiger partial charge in [0.05, 0.1) is 11.7 Å². The van der Waals surface area contributed by atoms with Crippen LogP contribution >= 0.6 is 0 Å². The molecule has 12 heteroatoms. The first-order valence-corrected chi connectivity index (χ1v) is 13.8. The van der Waals surface area contributed by atoms with Gasteiger partial charge in [-0.25, -0.2) is 9.67 Å². The number of aryl methyl sites for hydroxylation is 1. The molecule has 1 atom stereocenters. The maximum atomic E-state index is 13.2. The zero-order valence-corrected chi connectivity index (χ0v) is 22.0.